The van der Waals surface area contributed by atoms with Gasteiger partial charge in [-0.1, -0.05) is 18.7 Å². The molecule has 1 N–H and O–H groups in total. The minimum atomic E-state index is -4.61. The van der Waals surface area contributed by atoms with Crippen molar-refractivity contribution >= 4 is 6.98 Å². The first kappa shape index (κ1) is 7.92. The van der Waals surface area contributed by atoms with Crippen LogP contribution in [0.15, 0.2) is 0 Å². The molecule has 1 aliphatic heterocycles. The van der Waals surface area contributed by atoms with E-state index in [0.717, 1.165) is 0 Å². The first-order chi connectivity index (χ1) is 4.52. The highest BCUT2D eigenvalue weighted by Crippen LogP contribution is 2.35. The van der Waals surface area contributed by atoms with E-state index in [0.29, 0.717) is 6.54 Å². The van der Waals surface area contributed by atoms with Crippen LogP contribution < -0.4 is 5.32 Å². The molecule has 0 aromatic heterocycles. The molecule has 0 saturated carbocycles. The predicted molar refractivity (Wildman–Crippen MR) is 34.9 cm³/mol. The quantitative estimate of drug-likeness (QED) is 0.560. The highest BCUT2D eigenvalue weighted by atomic mass is 19.4. The summed E-state index contributed by atoms with van der Waals surface area (Å²) in [6.07, 6.45) is 0. The van der Waals surface area contributed by atoms with Crippen molar-refractivity contribution in [3.05, 3.63) is 0 Å². The van der Waals surface area contributed by atoms with Gasteiger partial charge in [0.1, 0.15) is 0 Å². The monoisotopic (exact) mass is 152 g/mol. The van der Waals surface area contributed by atoms with E-state index in [-0.39, 0.29) is 12.5 Å². The van der Waals surface area contributed by atoms with E-state index in [2.05, 4.69) is 5.32 Å². The number of halogens is 3. The molecule has 0 unspecified atom stereocenters. The maximum atomic E-state index is 12.0. The lowest BCUT2D eigenvalue weighted by Gasteiger charge is -2.24. The van der Waals surface area contributed by atoms with Gasteiger partial charge < -0.3 is 18.3 Å². The Morgan fingerprint density at radius 3 is 2.10 bits per heavy atom. The Morgan fingerprint density at radius 1 is 1.30 bits per heavy atom. The second-order valence-electron chi connectivity index (χ2n) is 2.92. The van der Waals surface area contributed by atoms with Crippen LogP contribution in [0.1, 0.15) is 6.92 Å². The Balaban J connectivity index is 2.55. The summed E-state index contributed by atoms with van der Waals surface area (Å²) in [6.45, 7) is -2.35. The van der Waals surface area contributed by atoms with Gasteiger partial charge in [0, 0.05) is 0 Å². The van der Waals surface area contributed by atoms with Crippen molar-refractivity contribution in [1.82, 2.24) is 5.32 Å². The Bertz CT molecular complexity index is 125. The lowest BCUT2D eigenvalue weighted by molar-refractivity contribution is 0.412. The highest BCUT2D eigenvalue weighted by molar-refractivity contribution is 6.60. The van der Waals surface area contributed by atoms with Gasteiger partial charge in [-0.15, -0.1) is 0 Å². The van der Waals surface area contributed by atoms with E-state index in [1.807, 2.05) is 0 Å². The second-order valence-corrected chi connectivity index (χ2v) is 2.92. The number of nitrogens with one attached hydrogen (secondary N) is 1. The number of rotatable bonds is 1. The van der Waals surface area contributed by atoms with Crippen molar-refractivity contribution in [2.75, 3.05) is 13.1 Å². The Hall–Kier alpha value is -0.185. The summed E-state index contributed by atoms with van der Waals surface area (Å²) < 4.78 is 36.1. The van der Waals surface area contributed by atoms with Crippen LogP contribution in [0, 0.1) is 5.92 Å². The van der Waals surface area contributed by atoms with Crippen LogP contribution in [0.25, 0.3) is 0 Å². The van der Waals surface area contributed by atoms with Crippen LogP contribution in [0.4, 0.5) is 12.9 Å². The van der Waals surface area contributed by atoms with Gasteiger partial charge in [-0.25, -0.2) is 0 Å². The molecular formula is C5H10BF3N-. The number of hydrogen-bond donors (Lipinski definition) is 1. The third-order valence-corrected chi connectivity index (χ3v) is 2.06. The first-order valence-electron chi connectivity index (χ1n) is 3.42. The average Bonchev–Trinajstić information content (AvgIpc) is 2.11. The topological polar surface area (TPSA) is 12.0 Å². The first-order valence-corrected chi connectivity index (χ1v) is 3.42. The molecule has 1 nitrogen and oxygen atoms in total. The van der Waals surface area contributed by atoms with Gasteiger partial charge in [0.05, 0.1) is 0 Å². The second kappa shape index (κ2) is 2.45. The zero-order chi connectivity index (χ0) is 7.78. The van der Waals surface area contributed by atoms with E-state index < -0.39 is 12.8 Å². The van der Waals surface area contributed by atoms with E-state index in [1.165, 1.54) is 0 Å². The molecule has 1 rings (SSSR count). The minimum Gasteiger partial charge on any atom is -0.449 e. The van der Waals surface area contributed by atoms with Crippen molar-refractivity contribution in [3.63, 3.8) is 0 Å². The molecule has 60 valence electrons. The third kappa shape index (κ3) is 1.45. The predicted octanol–water partition coefficient (Wildman–Crippen LogP) is 1.44. The van der Waals surface area contributed by atoms with Crippen molar-refractivity contribution in [3.8, 4) is 0 Å². The maximum Gasteiger partial charge on any atom is 0.482 e. The summed E-state index contributed by atoms with van der Waals surface area (Å²) in [6, 6.07) is 0. The molecule has 1 saturated heterocycles. The molecule has 0 radical (unpaired) electrons. The van der Waals surface area contributed by atoms with Crippen LogP contribution in [-0.4, -0.2) is 20.1 Å². The van der Waals surface area contributed by atoms with Crippen molar-refractivity contribution in [2.45, 2.75) is 12.7 Å². The van der Waals surface area contributed by atoms with Crippen molar-refractivity contribution < 1.29 is 12.9 Å². The largest absolute Gasteiger partial charge is 0.482 e. The van der Waals surface area contributed by atoms with Crippen molar-refractivity contribution in [1.29, 1.82) is 0 Å². The summed E-state index contributed by atoms with van der Waals surface area (Å²) >= 11 is 0. The molecule has 0 spiro atoms. The molecule has 1 heterocycles. The van der Waals surface area contributed by atoms with Gasteiger partial charge in [0.25, 0.3) is 0 Å². The summed E-state index contributed by atoms with van der Waals surface area (Å²) in [5, 5.41) is 2.72. The molecule has 0 bridgehead atoms. The molecule has 0 aliphatic carbocycles. The zero-order valence-electron chi connectivity index (χ0n) is 5.78. The Labute approximate surface area is 58.0 Å². The molecule has 0 aromatic rings. The lowest BCUT2D eigenvalue weighted by Crippen LogP contribution is -2.28. The maximum absolute atomic E-state index is 12.0. The van der Waals surface area contributed by atoms with Crippen LogP contribution >= 0.6 is 0 Å². The van der Waals surface area contributed by atoms with Gasteiger partial charge in [-0.3, -0.25) is 0 Å². The molecule has 1 aliphatic rings. The van der Waals surface area contributed by atoms with Gasteiger partial charge in [0.15, 0.2) is 0 Å². The van der Waals surface area contributed by atoms with Crippen LogP contribution in [0.5, 0.6) is 0 Å². The van der Waals surface area contributed by atoms with Crippen LogP contribution in [0.3, 0.4) is 0 Å². The molecule has 10 heavy (non-hydrogen) atoms. The lowest BCUT2D eigenvalue weighted by atomic mass is 9.68. The van der Waals surface area contributed by atoms with Crippen LogP contribution in [0.2, 0.25) is 5.82 Å². The fourth-order valence-electron chi connectivity index (χ4n) is 1.34. The standard InChI is InChI=1S/C5H10BF3N/c1-4-2-10-3-5(4)6(7,8)9/h4-5,10H,2-3H2,1H3/q-1/t4-,5-/m1/s1. The molecule has 0 aromatic carbocycles. The van der Waals surface area contributed by atoms with Gasteiger partial charge in [-0.2, -0.15) is 0 Å². The minimum absolute atomic E-state index is 0.116. The SMILES string of the molecule is C[C@@H]1CNC[C@H]1[B-](F)(F)F. The zero-order valence-corrected chi connectivity index (χ0v) is 5.78. The molecule has 5 heteroatoms. The van der Waals surface area contributed by atoms with Gasteiger partial charge >= 0.3 is 6.98 Å². The van der Waals surface area contributed by atoms with E-state index in [4.69, 9.17) is 0 Å². The fourth-order valence-corrected chi connectivity index (χ4v) is 1.34. The third-order valence-electron chi connectivity index (χ3n) is 2.06. The molecular weight excluding hydrogens is 142 g/mol. The molecule has 2 atom stereocenters. The van der Waals surface area contributed by atoms with E-state index >= 15 is 0 Å². The van der Waals surface area contributed by atoms with Gasteiger partial charge in [0.2, 0.25) is 0 Å². The van der Waals surface area contributed by atoms with Gasteiger partial charge in [-0.05, 0) is 13.1 Å². The Morgan fingerprint density at radius 2 is 1.90 bits per heavy atom. The summed E-state index contributed by atoms with van der Waals surface area (Å²) in [4.78, 5) is 0. The summed E-state index contributed by atoms with van der Waals surface area (Å²) in [5.41, 5.74) is 0. The normalized spacial score (nSPS) is 34.8. The average molecular weight is 152 g/mol. The number of hydrogen-bond acceptors (Lipinski definition) is 1. The summed E-state index contributed by atoms with van der Waals surface area (Å²) in [5.74, 6) is -1.31. The summed E-state index contributed by atoms with van der Waals surface area (Å²) in [7, 11) is 0. The Kier molecular flexibility index (Phi) is 1.94. The van der Waals surface area contributed by atoms with Crippen molar-refractivity contribution in [2.24, 2.45) is 5.92 Å². The van der Waals surface area contributed by atoms with E-state index in [9.17, 15) is 12.9 Å². The smallest absolute Gasteiger partial charge is 0.449 e. The molecule has 1 fully saturated rings. The van der Waals surface area contributed by atoms with Crippen LogP contribution in [-0.2, 0) is 0 Å². The van der Waals surface area contributed by atoms with E-state index in [1.54, 1.807) is 6.92 Å². The molecule has 0 amide bonds. The fraction of sp³-hybridized carbons (Fsp3) is 1.00. The highest BCUT2D eigenvalue weighted by Gasteiger charge is 2.40.